The Balaban J connectivity index is 1.36. The van der Waals surface area contributed by atoms with Crippen LogP contribution in [0.1, 0.15) is 178 Å². The van der Waals surface area contributed by atoms with Gasteiger partial charge in [0.1, 0.15) is 30.8 Å². The second-order valence-corrected chi connectivity index (χ2v) is 30.2. The highest BCUT2D eigenvalue weighted by molar-refractivity contribution is 8.00. The summed E-state index contributed by atoms with van der Waals surface area (Å²) < 4.78 is 17.8. The van der Waals surface area contributed by atoms with Crippen molar-refractivity contribution in [2.24, 2.45) is 40.7 Å². The molecule has 560 valence electrons. The number of carbonyl (C=O) groups is 11. The highest BCUT2D eigenvalue weighted by Crippen LogP contribution is 2.33. The fourth-order valence-electron chi connectivity index (χ4n) is 12.8. The first-order valence-corrected chi connectivity index (χ1v) is 36.5. The highest BCUT2D eigenvalue weighted by atomic mass is 32.2. The molecule has 0 aromatic heterocycles. The number of aliphatic hydroxyl groups excluding tert-OH is 1. The Labute approximate surface area is 596 Å². The lowest BCUT2D eigenvalue weighted by molar-refractivity contribution is -0.148. The molecule has 2 saturated heterocycles. The number of rotatable bonds is 40. The predicted molar refractivity (Wildman–Crippen MR) is 385 cm³/mol. The Kier molecular flexibility index (Phi) is 34.8. The minimum Gasteiger partial charge on any atom is -0.445 e. The van der Waals surface area contributed by atoms with Gasteiger partial charge in [-0.2, -0.15) is 0 Å². The quantitative estimate of drug-likeness (QED) is 0.0244. The minimum absolute atomic E-state index is 0.0174. The number of hydrogen-bond acceptors (Lipinski definition) is 16. The van der Waals surface area contributed by atoms with Crippen molar-refractivity contribution in [2.75, 3.05) is 59.0 Å². The number of likely N-dealkylation sites (tertiary alicyclic amines) is 2. The summed E-state index contributed by atoms with van der Waals surface area (Å²) in [5.41, 5.74) is 6.82. The molecule has 2 aromatic carbocycles. The number of methoxy groups -OCH3 is 2. The molecule has 2 heterocycles. The molecule has 13 atom stereocenters. The number of nitrogens with zero attached hydrogens (tertiary/aromatic N) is 4. The van der Waals surface area contributed by atoms with Crippen molar-refractivity contribution in [2.45, 2.75) is 233 Å². The second-order valence-electron chi connectivity index (χ2n) is 29.1. The fourth-order valence-corrected chi connectivity index (χ4v) is 14.0. The minimum atomic E-state index is -1.12. The van der Waals surface area contributed by atoms with Gasteiger partial charge >= 0.3 is 12.1 Å². The van der Waals surface area contributed by atoms with E-state index < -0.39 is 114 Å². The molecule has 13 unspecified atom stereocenters. The zero-order valence-electron chi connectivity index (χ0n) is 62.2. The molecule has 26 nitrogen and oxygen atoms in total. The summed E-state index contributed by atoms with van der Waals surface area (Å²) in [6.07, 6.45) is 0.749. The van der Waals surface area contributed by atoms with E-state index in [-0.39, 0.29) is 104 Å². The van der Waals surface area contributed by atoms with Gasteiger partial charge in [-0.3, -0.25) is 53.0 Å². The van der Waals surface area contributed by atoms with Crippen LogP contribution in [0.25, 0.3) is 0 Å². The van der Waals surface area contributed by atoms with Crippen molar-refractivity contribution in [3.05, 3.63) is 65.7 Å². The number of ether oxygens (including phenoxy) is 3. The van der Waals surface area contributed by atoms with Gasteiger partial charge in [-0.1, -0.05) is 138 Å². The van der Waals surface area contributed by atoms with E-state index in [1.54, 1.807) is 109 Å². The number of urea groups is 1. The summed E-state index contributed by atoms with van der Waals surface area (Å²) in [5, 5.41) is 27.3. The first-order chi connectivity index (χ1) is 47.1. The maximum Gasteiger partial charge on any atom is 0.410 e. The van der Waals surface area contributed by atoms with Crippen LogP contribution in [-0.2, 0) is 64.0 Å². The summed E-state index contributed by atoms with van der Waals surface area (Å²) in [6, 6.07) is 8.76. The zero-order chi connectivity index (χ0) is 74.9. The summed E-state index contributed by atoms with van der Waals surface area (Å²) in [5.74, 6) is -4.86. The molecule has 2 aliphatic heterocycles. The van der Waals surface area contributed by atoms with E-state index in [0.717, 1.165) is 5.75 Å². The van der Waals surface area contributed by atoms with Crippen molar-refractivity contribution < 1.29 is 72.1 Å². The van der Waals surface area contributed by atoms with Gasteiger partial charge in [-0.25, -0.2) is 9.59 Å². The van der Waals surface area contributed by atoms with Crippen LogP contribution in [-0.4, -0.2) is 203 Å². The predicted octanol–water partition coefficient (Wildman–Crippen LogP) is 7.06. The van der Waals surface area contributed by atoms with E-state index >= 15 is 0 Å². The van der Waals surface area contributed by atoms with Gasteiger partial charge in [0.05, 0.1) is 54.0 Å². The van der Waals surface area contributed by atoms with Crippen molar-refractivity contribution in [1.29, 1.82) is 0 Å². The van der Waals surface area contributed by atoms with E-state index in [0.29, 0.717) is 61.9 Å². The van der Waals surface area contributed by atoms with Crippen LogP contribution in [0, 0.1) is 35.0 Å². The monoisotopic (exact) mass is 1420 g/mol. The summed E-state index contributed by atoms with van der Waals surface area (Å²) in [7, 11) is 6.09. The number of nitrogens with one attached hydrogen (secondary N) is 6. The summed E-state index contributed by atoms with van der Waals surface area (Å²) in [4.78, 5) is 155. The van der Waals surface area contributed by atoms with E-state index in [1.807, 2.05) is 32.0 Å². The SMILES string of the molecule is CCC(C)C(C(CC(=O)N1CCCC1C(OC)C(C)C(=O)NC(C)C(O)c1ccccc1)OC)N(C)C(=O)C(NC(=O)C(C(C)C)N(C)C(=O)OCc1ccc(NC(=O)C(CCCNC(N)=O)NC(=O)C(NC(=O)CCCCCN2C(=O)CC(SCC(C)(C)C)C2=O)C(C)C)cc1)C(C)C. The summed E-state index contributed by atoms with van der Waals surface area (Å²) >= 11 is 1.51. The number of carbonyl (C=O) groups excluding carboxylic acids is 11. The van der Waals surface area contributed by atoms with Gasteiger partial charge in [-0.15, -0.1) is 11.8 Å². The average Bonchev–Trinajstić information content (AvgIpc) is 1.29. The number of thioether (sulfide) groups is 1. The molecule has 100 heavy (non-hydrogen) atoms. The smallest absolute Gasteiger partial charge is 0.410 e. The van der Waals surface area contributed by atoms with E-state index in [9.17, 15) is 57.8 Å². The molecular formula is C73H117N11O15S. The Morgan fingerprint density at radius 3 is 1.98 bits per heavy atom. The van der Waals surface area contributed by atoms with Crippen LogP contribution in [0.3, 0.4) is 0 Å². The molecule has 0 aliphatic carbocycles. The van der Waals surface area contributed by atoms with Crippen LogP contribution >= 0.6 is 11.8 Å². The number of amides is 12. The Hall–Kier alpha value is -7.36. The lowest BCUT2D eigenvalue weighted by Gasteiger charge is -2.41. The number of nitrogens with two attached hydrogens (primary N) is 1. The Morgan fingerprint density at radius 2 is 1.40 bits per heavy atom. The lowest BCUT2D eigenvalue weighted by Crippen LogP contribution is -2.60. The Bertz CT molecular complexity index is 3020. The molecule has 0 bridgehead atoms. The molecule has 12 amide bonds. The molecule has 0 saturated carbocycles. The number of likely N-dealkylation sites (N-methyl/N-ethyl adjacent to an activating group) is 2. The molecular weight excluding hydrogens is 1300 g/mol. The molecule has 4 rings (SSSR count). The number of hydrogen-bond donors (Lipinski definition) is 8. The molecule has 9 N–H and O–H groups in total. The molecule has 2 aromatic rings. The topological polar surface area (TPSA) is 347 Å². The highest BCUT2D eigenvalue weighted by Gasteiger charge is 2.45. The van der Waals surface area contributed by atoms with E-state index in [4.69, 9.17) is 19.9 Å². The third-order valence-corrected chi connectivity index (χ3v) is 20.5. The van der Waals surface area contributed by atoms with Gasteiger partial charge in [0.15, 0.2) is 0 Å². The lowest BCUT2D eigenvalue weighted by atomic mass is 9.89. The summed E-state index contributed by atoms with van der Waals surface area (Å²) in [6.45, 7) is 24.9. The molecule has 2 aliphatic rings. The van der Waals surface area contributed by atoms with Crippen LogP contribution < -0.4 is 37.6 Å². The zero-order valence-corrected chi connectivity index (χ0v) is 63.0. The van der Waals surface area contributed by atoms with Crippen LogP contribution in [0.15, 0.2) is 54.6 Å². The third kappa shape index (κ3) is 25.6. The first-order valence-electron chi connectivity index (χ1n) is 35.4. The maximum atomic E-state index is 14.8. The fraction of sp³-hybridized carbons (Fsp3) is 0.685. The van der Waals surface area contributed by atoms with Crippen molar-refractivity contribution >= 4 is 82.7 Å². The second kappa shape index (κ2) is 40.9. The van der Waals surface area contributed by atoms with Gasteiger partial charge in [0, 0.05) is 66.5 Å². The third-order valence-electron chi connectivity index (χ3n) is 18.7. The number of benzene rings is 2. The Morgan fingerprint density at radius 1 is 0.750 bits per heavy atom. The standard InChI is InChI=1S/C73H117N11O15S/c1-18-46(8)62(54(97-16)39-57(86)83-38-26-30-53(83)64(98-17)47(9)65(89)76-48(10)63(88)50-27-21-19-22-28-50)81(14)70(94)60(44(4)5)80-68(92)61(45(6)7)82(15)72(96)99-41-49-32-34-51(35-33-49)77-66(90)52(29-25-36-75-71(74)95)78-67(91)59(43(2)3)79-56(85)31-23-20-24-37-84-58(87)40-55(69(84)93)100-42-73(11,12)13/h19,21-22,27-28,32-35,43-48,52-55,59-64,88H,18,20,23-26,29-31,36-42H2,1-17H3,(H,76,89)(H,77,90)(H,78,91)(H,79,85)(H,80,92)(H3,74,75,95). The molecule has 27 heteroatoms. The van der Waals surface area contributed by atoms with Crippen molar-refractivity contribution in [3.8, 4) is 0 Å². The van der Waals surface area contributed by atoms with Crippen LogP contribution in [0.5, 0.6) is 0 Å². The van der Waals surface area contributed by atoms with Crippen molar-refractivity contribution in [3.63, 3.8) is 0 Å². The van der Waals surface area contributed by atoms with Gasteiger partial charge in [0.2, 0.25) is 53.2 Å². The molecule has 0 spiro atoms. The van der Waals surface area contributed by atoms with Gasteiger partial charge in [0.25, 0.3) is 0 Å². The van der Waals surface area contributed by atoms with E-state index in [2.05, 4.69) is 52.7 Å². The number of imide groups is 1. The number of primary amides is 1. The molecule has 2 fully saturated rings. The van der Waals surface area contributed by atoms with Crippen molar-refractivity contribution in [1.82, 2.24) is 46.2 Å². The number of unbranched alkanes of at least 4 members (excludes halogenated alkanes) is 2. The average molecular weight is 1420 g/mol. The van der Waals surface area contributed by atoms with Crippen LogP contribution in [0.4, 0.5) is 15.3 Å². The normalized spacial score (nSPS) is 18.2. The maximum absolute atomic E-state index is 14.8. The van der Waals surface area contributed by atoms with Crippen LogP contribution in [0.2, 0.25) is 0 Å². The molecule has 0 radical (unpaired) electrons. The van der Waals surface area contributed by atoms with E-state index in [1.165, 1.54) is 42.8 Å². The van der Waals surface area contributed by atoms with Gasteiger partial charge < -0.3 is 66.8 Å². The first kappa shape index (κ1) is 85.1. The number of anilines is 1. The number of aliphatic hydroxyl groups is 1. The van der Waals surface area contributed by atoms with Gasteiger partial charge in [-0.05, 0) is 104 Å². The largest absolute Gasteiger partial charge is 0.445 e.